The van der Waals surface area contributed by atoms with E-state index in [1.807, 2.05) is 0 Å². The molecule has 10 rings (SSSR count). The molecule has 0 N–H and O–H groups in total. The predicted molar refractivity (Wildman–Crippen MR) is 228 cm³/mol. The Morgan fingerprint density at radius 3 is 1.94 bits per heavy atom. The summed E-state index contributed by atoms with van der Waals surface area (Å²) in [6, 6.07) is 65.1. The number of aryl methyl sites for hydroxylation is 1. The third-order valence-corrected chi connectivity index (χ3v) is 11.6. The fraction of sp³-hybridized carbons (Fsp3) is 0.115. The standard InChI is InChI=1S/C52H42N2/c1-2-3-14-36-23-32-43(39-17-8-5-9-18-39)46(35-36)40-26-30-42(31-27-40)54-48-22-13-11-20-45(48)52-50(54)34-33-49-51(52)44-19-10-12-21-47(44)53(49)41-28-24-38(25-29-41)37-15-6-4-7-16-37/h4-13,15-35,50,52H,2-3,14H2,1H3. The second kappa shape index (κ2) is 13.5. The van der Waals surface area contributed by atoms with Crippen LogP contribution in [0.1, 0.15) is 48.1 Å². The van der Waals surface area contributed by atoms with Crippen molar-refractivity contribution >= 4 is 28.4 Å². The van der Waals surface area contributed by atoms with Crippen LogP contribution in [0.2, 0.25) is 0 Å². The lowest BCUT2D eigenvalue weighted by molar-refractivity contribution is 0.725. The van der Waals surface area contributed by atoms with Crippen molar-refractivity contribution < 1.29 is 0 Å². The summed E-state index contributed by atoms with van der Waals surface area (Å²) >= 11 is 0. The van der Waals surface area contributed by atoms with E-state index in [1.165, 1.54) is 96.6 Å². The first kappa shape index (κ1) is 32.3. The van der Waals surface area contributed by atoms with Crippen molar-refractivity contribution in [1.82, 2.24) is 4.57 Å². The van der Waals surface area contributed by atoms with Crippen molar-refractivity contribution in [2.24, 2.45) is 0 Å². The highest BCUT2D eigenvalue weighted by atomic mass is 15.2. The van der Waals surface area contributed by atoms with Gasteiger partial charge in [-0.3, -0.25) is 0 Å². The van der Waals surface area contributed by atoms with Crippen LogP contribution in [0.4, 0.5) is 11.4 Å². The third kappa shape index (κ3) is 5.41. The Morgan fingerprint density at radius 1 is 0.537 bits per heavy atom. The van der Waals surface area contributed by atoms with E-state index in [0.29, 0.717) is 0 Å². The highest BCUT2D eigenvalue weighted by Crippen LogP contribution is 2.54. The van der Waals surface area contributed by atoms with Crippen LogP contribution in [-0.2, 0) is 6.42 Å². The fourth-order valence-corrected chi connectivity index (χ4v) is 9.01. The summed E-state index contributed by atoms with van der Waals surface area (Å²) in [5.41, 5.74) is 18.0. The summed E-state index contributed by atoms with van der Waals surface area (Å²) in [5.74, 6) is 0.204. The molecule has 1 aliphatic carbocycles. The summed E-state index contributed by atoms with van der Waals surface area (Å²) in [4.78, 5) is 2.57. The first-order valence-electron chi connectivity index (χ1n) is 19.4. The Hall–Kier alpha value is -6.38. The molecule has 2 unspecified atom stereocenters. The summed E-state index contributed by atoms with van der Waals surface area (Å²) in [5, 5.41) is 1.32. The van der Waals surface area contributed by atoms with Gasteiger partial charge in [-0.15, -0.1) is 0 Å². The van der Waals surface area contributed by atoms with Crippen LogP contribution in [0, 0.1) is 0 Å². The normalized spacial score (nSPS) is 15.6. The van der Waals surface area contributed by atoms with Gasteiger partial charge in [-0.25, -0.2) is 0 Å². The average molecular weight is 695 g/mol. The molecule has 54 heavy (non-hydrogen) atoms. The van der Waals surface area contributed by atoms with Crippen LogP contribution in [0.15, 0.2) is 182 Å². The Bertz CT molecular complexity index is 2630. The zero-order chi connectivity index (χ0) is 36.0. The Labute approximate surface area is 318 Å². The van der Waals surface area contributed by atoms with Gasteiger partial charge in [0.2, 0.25) is 0 Å². The van der Waals surface area contributed by atoms with Crippen molar-refractivity contribution in [3.63, 3.8) is 0 Å². The number of nitrogens with zero attached hydrogens (tertiary/aromatic N) is 2. The second-order valence-electron chi connectivity index (χ2n) is 14.7. The minimum absolute atomic E-state index is 0.165. The Kier molecular flexibility index (Phi) is 8.10. The molecule has 0 bridgehead atoms. The molecule has 0 saturated heterocycles. The summed E-state index contributed by atoms with van der Waals surface area (Å²) in [7, 11) is 0. The molecule has 260 valence electrons. The molecule has 0 spiro atoms. The SMILES string of the molecule is CCCCc1ccc(-c2ccccc2)c(-c2ccc(N3c4ccccc4C4c5c(n(-c6ccc(-c7ccccc7)cc6)c6ccccc56)C=CC43)cc2)c1. The van der Waals surface area contributed by atoms with Gasteiger partial charge in [-0.2, -0.15) is 0 Å². The maximum absolute atomic E-state index is 2.57. The lowest BCUT2D eigenvalue weighted by atomic mass is 9.82. The van der Waals surface area contributed by atoms with Crippen LogP contribution in [0.25, 0.3) is 56.0 Å². The quantitative estimate of drug-likeness (QED) is 0.154. The molecule has 2 nitrogen and oxygen atoms in total. The summed E-state index contributed by atoms with van der Waals surface area (Å²) in [6.07, 6.45) is 8.33. The number of hydrogen-bond donors (Lipinski definition) is 0. The van der Waals surface area contributed by atoms with E-state index in [0.717, 1.165) is 6.42 Å². The molecule has 0 radical (unpaired) electrons. The number of benzene rings is 7. The van der Waals surface area contributed by atoms with E-state index >= 15 is 0 Å². The van der Waals surface area contributed by atoms with Gasteiger partial charge in [-0.05, 0) is 105 Å². The number of fused-ring (bicyclic) bond motifs is 7. The van der Waals surface area contributed by atoms with Crippen LogP contribution < -0.4 is 4.90 Å². The van der Waals surface area contributed by atoms with Gasteiger partial charge in [0, 0.05) is 28.4 Å². The molecular formula is C52H42N2. The highest BCUT2D eigenvalue weighted by Gasteiger charge is 2.43. The minimum Gasteiger partial charge on any atom is -0.333 e. The van der Waals surface area contributed by atoms with Gasteiger partial charge >= 0.3 is 0 Å². The van der Waals surface area contributed by atoms with Crippen molar-refractivity contribution in [2.45, 2.75) is 38.1 Å². The third-order valence-electron chi connectivity index (χ3n) is 11.6. The highest BCUT2D eigenvalue weighted by molar-refractivity contribution is 5.95. The van der Waals surface area contributed by atoms with E-state index in [9.17, 15) is 0 Å². The van der Waals surface area contributed by atoms with E-state index in [1.54, 1.807) is 0 Å². The minimum atomic E-state index is 0.165. The first-order valence-corrected chi connectivity index (χ1v) is 19.4. The Morgan fingerprint density at radius 2 is 1.17 bits per heavy atom. The van der Waals surface area contributed by atoms with Crippen molar-refractivity contribution in [3.05, 3.63) is 204 Å². The molecule has 2 atom stereocenters. The maximum Gasteiger partial charge on any atom is 0.0637 e. The number of aromatic nitrogens is 1. The zero-order valence-corrected chi connectivity index (χ0v) is 30.6. The topological polar surface area (TPSA) is 8.17 Å². The van der Waals surface area contributed by atoms with Gasteiger partial charge in [0.25, 0.3) is 0 Å². The van der Waals surface area contributed by atoms with Gasteiger partial charge < -0.3 is 9.47 Å². The number of rotatable bonds is 8. The Balaban J connectivity index is 1.05. The zero-order valence-electron chi connectivity index (χ0n) is 30.6. The van der Waals surface area contributed by atoms with Gasteiger partial charge in [0.1, 0.15) is 0 Å². The monoisotopic (exact) mass is 694 g/mol. The molecule has 0 fully saturated rings. The number of anilines is 2. The molecular weight excluding hydrogens is 653 g/mol. The molecule has 2 heterocycles. The average Bonchev–Trinajstić information content (AvgIpc) is 3.76. The number of para-hydroxylation sites is 2. The van der Waals surface area contributed by atoms with Crippen LogP contribution in [-0.4, -0.2) is 10.6 Å². The van der Waals surface area contributed by atoms with E-state index in [2.05, 4.69) is 204 Å². The molecule has 2 aliphatic rings. The van der Waals surface area contributed by atoms with E-state index in [-0.39, 0.29) is 12.0 Å². The van der Waals surface area contributed by atoms with E-state index < -0.39 is 0 Å². The smallest absolute Gasteiger partial charge is 0.0637 e. The first-order chi connectivity index (χ1) is 26.8. The van der Waals surface area contributed by atoms with Gasteiger partial charge in [0.05, 0.1) is 17.3 Å². The fourth-order valence-electron chi connectivity index (χ4n) is 9.01. The van der Waals surface area contributed by atoms with Crippen LogP contribution in [0.3, 0.4) is 0 Å². The van der Waals surface area contributed by atoms with Gasteiger partial charge in [-0.1, -0.05) is 159 Å². The molecule has 0 amide bonds. The molecule has 7 aromatic carbocycles. The van der Waals surface area contributed by atoms with Gasteiger partial charge in [0.15, 0.2) is 0 Å². The van der Waals surface area contributed by atoms with Crippen LogP contribution in [0.5, 0.6) is 0 Å². The molecule has 0 saturated carbocycles. The lowest BCUT2D eigenvalue weighted by Crippen LogP contribution is -2.30. The van der Waals surface area contributed by atoms with Crippen molar-refractivity contribution in [1.29, 1.82) is 0 Å². The summed E-state index contributed by atoms with van der Waals surface area (Å²) in [6.45, 7) is 2.27. The van der Waals surface area contributed by atoms with Crippen molar-refractivity contribution in [2.75, 3.05) is 4.90 Å². The van der Waals surface area contributed by atoms with Crippen LogP contribution >= 0.6 is 0 Å². The number of unbranched alkanes of at least 4 members (excludes halogenated alkanes) is 1. The van der Waals surface area contributed by atoms with Crippen molar-refractivity contribution in [3.8, 4) is 39.1 Å². The molecule has 1 aliphatic heterocycles. The predicted octanol–water partition coefficient (Wildman–Crippen LogP) is 13.7. The molecule has 2 heteroatoms. The summed E-state index contributed by atoms with van der Waals surface area (Å²) < 4.78 is 2.46. The maximum atomic E-state index is 2.57. The lowest BCUT2D eigenvalue weighted by Gasteiger charge is -2.31. The molecule has 1 aromatic heterocycles. The second-order valence-corrected chi connectivity index (χ2v) is 14.7. The largest absolute Gasteiger partial charge is 0.333 e. The molecule has 8 aromatic rings. The number of hydrogen-bond acceptors (Lipinski definition) is 1. The van der Waals surface area contributed by atoms with E-state index in [4.69, 9.17) is 0 Å².